The lowest BCUT2D eigenvalue weighted by atomic mass is 9.87. The molecule has 3 nitrogen and oxygen atoms in total. The average molecular weight is 335 g/mol. The maximum atomic E-state index is 13.4. The van der Waals surface area contributed by atoms with E-state index in [1.54, 1.807) is 24.3 Å². The number of hydrogen-bond acceptors (Lipinski definition) is 2. The van der Waals surface area contributed by atoms with Crippen molar-refractivity contribution in [3.05, 3.63) is 69.8 Å². The SMILES string of the molecule is O=c1cccc2[nH]c(C3CC3)c(CC3CO3)c(-c3ccc(F)cc3)c1-2. The number of H-pyrrole nitrogens is 1. The maximum Gasteiger partial charge on any atom is 0.188 e. The number of fused-ring (bicyclic) bond motifs is 1. The molecule has 126 valence electrons. The Labute approximate surface area is 144 Å². The molecule has 25 heavy (non-hydrogen) atoms. The smallest absolute Gasteiger partial charge is 0.188 e. The molecule has 1 aromatic carbocycles. The van der Waals surface area contributed by atoms with Gasteiger partial charge < -0.3 is 9.72 Å². The minimum Gasteiger partial charge on any atom is -0.373 e. The zero-order valence-corrected chi connectivity index (χ0v) is 13.7. The van der Waals surface area contributed by atoms with E-state index in [0.29, 0.717) is 11.5 Å². The van der Waals surface area contributed by atoms with Gasteiger partial charge in [0.1, 0.15) is 5.82 Å². The van der Waals surface area contributed by atoms with Gasteiger partial charge in [-0.05, 0) is 59.7 Å². The second kappa shape index (κ2) is 5.53. The van der Waals surface area contributed by atoms with Gasteiger partial charge in [-0.15, -0.1) is 0 Å². The van der Waals surface area contributed by atoms with Crippen molar-refractivity contribution in [3.8, 4) is 22.4 Å². The van der Waals surface area contributed by atoms with Gasteiger partial charge in [-0.25, -0.2) is 4.39 Å². The normalized spacial score (nSPS) is 19.3. The quantitative estimate of drug-likeness (QED) is 0.730. The summed E-state index contributed by atoms with van der Waals surface area (Å²) in [5.41, 5.74) is 5.75. The van der Waals surface area contributed by atoms with Crippen LogP contribution >= 0.6 is 0 Å². The Morgan fingerprint density at radius 1 is 1.08 bits per heavy atom. The number of ether oxygens (including phenoxy) is 1. The van der Waals surface area contributed by atoms with E-state index in [1.807, 2.05) is 6.07 Å². The summed E-state index contributed by atoms with van der Waals surface area (Å²) in [4.78, 5) is 16.2. The van der Waals surface area contributed by atoms with Crippen LogP contribution in [0.25, 0.3) is 22.4 Å². The third-order valence-electron chi connectivity index (χ3n) is 5.13. The van der Waals surface area contributed by atoms with Crippen molar-refractivity contribution >= 4 is 0 Å². The zero-order chi connectivity index (χ0) is 17.0. The summed E-state index contributed by atoms with van der Waals surface area (Å²) in [6.07, 6.45) is 3.35. The second-order valence-corrected chi connectivity index (χ2v) is 7.01. The van der Waals surface area contributed by atoms with Gasteiger partial charge in [0.05, 0.1) is 24.0 Å². The lowest BCUT2D eigenvalue weighted by Crippen LogP contribution is -2.13. The van der Waals surface area contributed by atoms with E-state index in [2.05, 4.69) is 4.98 Å². The van der Waals surface area contributed by atoms with Crippen LogP contribution in [-0.2, 0) is 11.2 Å². The molecule has 5 rings (SSSR count). The van der Waals surface area contributed by atoms with Crippen molar-refractivity contribution in [1.29, 1.82) is 0 Å². The standard InChI is InChI=1S/C21H18FNO2/c22-14-8-6-12(7-9-14)19-16(10-15-11-25-15)21(13-4-5-13)23-17-2-1-3-18(24)20(17)19/h1-3,6-9,13,15,23H,4-5,10-11H2. The summed E-state index contributed by atoms with van der Waals surface area (Å²) in [5.74, 6) is 0.250. The van der Waals surface area contributed by atoms with Crippen molar-refractivity contribution in [2.45, 2.75) is 31.3 Å². The van der Waals surface area contributed by atoms with E-state index in [0.717, 1.165) is 35.4 Å². The van der Waals surface area contributed by atoms with Gasteiger partial charge in [0.2, 0.25) is 0 Å². The number of hydrogen-bond donors (Lipinski definition) is 1. The molecule has 0 spiro atoms. The van der Waals surface area contributed by atoms with Gasteiger partial charge in [0.25, 0.3) is 0 Å². The summed E-state index contributed by atoms with van der Waals surface area (Å²) in [5, 5.41) is 0. The second-order valence-electron chi connectivity index (χ2n) is 7.01. The van der Waals surface area contributed by atoms with Crippen LogP contribution in [0.4, 0.5) is 4.39 Å². The minimum atomic E-state index is -0.271. The predicted octanol–water partition coefficient (Wildman–Crippen LogP) is 4.10. The molecule has 0 bridgehead atoms. The van der Waals surface area contributed by atoms with E-state index in [4.69, 9.17) is 4.74 Å². The highest BCUT2D eigenvalue weighted by Gasteiger charge is 2.34. The lowest BCUT2D eigenvalue weighted by Gasteiger charge is -2.21. The number of epoxide rings is 1. The molecular weight excluding hydrogens is 317 g/mol. The fourth-order valence-corrected chi connectivity index (χ4v) is 3.68. The highest BCUT2D eigenvalue weighted by molar-refractivity contribution is 5.86. The maximum absolute atomic E-state index is 13.4. The fraction of sp³-hybridized carbons (Fsp3) is 0.286. The highest BCUT2D eigenvalue weighted by atomic mass is 19.1. The van der Waals surface area contributed by atoms with Crippen molar-refractivity contribution in [1.82, 2.24) is 4.98 Å². The van der Waals surface area contributed by atoms with E-state index in [-0.39, 0.29) is 17.3 Å². The minimum absolute atomic E-state index is 0.00612. The van der Waals surface area contributed by atoms with Crippen LogP contribution in [0.3, 0.4) is 0 Å². The van der Waals surface area contributed by atoms with Gasteiger partial charge >= 0.3 is 0 Å². The first-order chi connectivity index (χ1) is 12.2. The van der Waals surface area contributed by atoms with Crippen LogP contribution in [-0.4, -0.2) is 17.7 Å². The molecule has 2 heterocycles. The molecule has 1 unspecified atom stereocenters. The first-order valence-corrected chi connectivity index (χ1v) is 8.76. The Balaban J connectivity index is 1.84. The van der Waals surface area contributed by atoms with Crippen molar-refractivity contribution in [2.24, 2.45) is 0 Å². The molecule has 4 aliphatic rings. The van der Waals surface area contributed by atoms with Gasteiger partial charge in [-0.1, -0.05) is 18.2 Å². The largest absolute Gasteiger partial charge is 0.373 e. The fourth-order valence-electron chi connectivity index (χ4n) is 3.68. The van der Waals surface area contributed by atoms with Gasteiger partial charge in [0.15, 0.2) is 5.43 Å². The number of aromatic amines is 1. The number of benzene rings is 2. The zero-order valence-electron chi connectivity index (χ0n) is 13.7. The summed E-state index contributed by atoms with van der Waals surface area (Å²) < 4.78 is 18.9. The molecule has 0 amide bonds. The van der Waals surface area contributed by atoms with Crippen LogP contribution in [0.1, 0.15) is 30.0 Å². The number of pyridine rings is 1. The van der Waals surface area contributed by atoms with E-state index >= 15 is 0 Å². The first kappa shape index (κ1) is 14.8. The Morgan fingerprint density at radius 2 is 1.84 bits per heavy atom. The van der Waals surface area contributed by atoms with E-state index in [9.17, 15) is 9.18 Å². The molecule has 2 fully saturated rings. The summed E-state index contributed by atoms with van der Waals surface area (Å²) in [6.45, 7) is 0.768. The van der Waals surface area contributed by atoms with Crippen LogP contribution in [0.15, 0.2) is 47.3 Å². The van der Waals surface area contributed by atoms with Crippen molar-refractivity contribution in [2.75, 3.05) is 6.61 Å². The summed E-state index contributed by atoms with van der Waals surface area (Å²) in [6, 6.07) is 11.8. The molecule has 2 aliphatic heterocycles. The molecule has 1 N–H and O–H groups in total. The molecule has 1 saturated carbocycles. The third kappa shape index (κ3) is 2.67. The number of halogens is 1. The Hall–Kier alpha value is -2.46. The Bertz CT molecular complexity index is 968. The summed E-state index contributed by atoms with van der Waals surface area (Å²) in [7, 11) is 0. The van der Waals surface area contributed by atoms with Gasteiger partial charge in [0, 0.05) is 12.1 Å². The van der Waals surface area contributed by atoms with Crippen LogP contribution in [0.5, 0.6) is 0 Å². The topological polar surface area (TPSA) is 45.4 Å². The molecule has 2 aliphatic carbocycles. The van der Waals surface area contributed by atoms with Crippen molar-refractivity contribution < 1.29 is 9.13 Å². The molecule has 1 atom stereocenters. The molecule has 4 heteroatoms. The number of nitrogens with one attached hydrogen (secondary N) is 1. The molecule has 1 aromatic rings. The van der Waals surface area contributed by atoms with E-state index < -0.39 is 0 Å². The Kier molecular flexibility index (Phi) is 3.28. The number of aromatic nitrogens is 1. The molecule has 1 saturated heterocycles. The monoisotopic (exact) mass is 335 g/mol. The van der Waals surface area contributed by atoms with Gasteiger partial charge in [-0.3, -0.25) is 4.79 Å². The predicted molar refractivity (Wildman–Crippen MR) is 94.5 cm³/mol. The van der Waals surface area contributed by atoms with Crippen LogP contribution < -0.4 is 5.43 Å². The molecular formula is C21H18FNO2. The first-order valence-electron chi connectivity index (χ1n) is 8.76. The van der Waals surface area contributed by atoms with Crippen molar-refractivity contribution in [3.63, 3.8) is 0 Å². The third-order valence-corrected chi connectivity index (χ3v) is 5.13. The lowest BCUT2D eigenvalue weighted by molar-refractivity contribution is 0.407. The van der Waals surface area contributed by atoms with Crippen LogP contribution in [0.2, 0.25) is 0 Å². The highest BCUT2D eigenvalue weighted by Crippen LogP contribution is 2.46. The molecule has 0 radical (unpaired) electrons. The number of rotatable bonds is 4. The Morgan fingerprint density at radius 3 is 2.52 bits per heavy atom. The van der Waals surface area contributed by atoms with Crippen LogP contribution in [0, 0.1) is 5.82 Å². The summed E-state index contributed by atoms with van der Waals surface area (Å²) >= 11 is 0. The molecule has 0 aromatic heterocycles. The van der Waals surface area contributed by atoms with E-state index in [1.165, 1.54) is 30.7 Å². The average Bonchev–Trinajstić information content (AvgIpc) is 3.50. The van der Waals surface area contributed by atoms with Gasteiger partial charge in [-0.2, -0.15) is 0 Å².